The number of pyridine rings is 1. The quantitative estimate of drug-likeness (QED) is 0.893. The molecule has 2 saturated heterocycles. The summed E-state index contributed by atoms with van der Waals surface area (Å²) in [6, 6.07) is 5.83. The molecule has 1 aromatic rings. The second-order valence-corrected chi connectivity index (χ2v) is 6.07. The van der Waals surface area contributed by atoms with Crippen molar-refractivity contribution in [2.75, 3.05) is 26.7 Å². The van der Waals surface area contributed by atoms with Crippen LogP contribution >= 0.6 is 0 Å². The Morgan fingerprint density at radius 3 is 3.24 bits per heavy atom. The van der Waals surface area contributed by atoms with Crippen molar-refractivity contribution in [2.24, 2.45) is 5.92 Å². The van der Waals surface area contributed by atoms with Crippen molar-refractivity contribution < 1.29 is 9.53 Å². The first kappa shape index (κ1) is 14.5. The molecular weight excluding hydrogens is 266 g/mol. The van der Waals surface area contributed by atoms with Gasteiger partial charge in [0, 0.05) is 31.4 Å². The third kappa shape index (κ3) is 3.60. The van der Waals surface area contributed by atoms with Crippen LogP contribution in [0.2, 0.25) is 0 Å². The van der Waals surface area contributed by atoms with Crippen LogP contribution < -0.4 is 5.32 Å². The van der Waals surface area contributed by atoms with Gasteiger partial charge in [0.1, 0.15) is 6.10 Å². The van der Waals surface area contributed by atoms with Crippen molar-refractivity contribution >= 4 is 5.91 Å². The van der Waals surface area contributed by atoms with Gasteiger partial charge in [0.05, 0.1) is 6.10 Å². The standard InChI is InChI=1S/C16H23N3O2/c1-19-9-6-12-10-14(21-15(12)11-19)16(20)18-8-5-13-4-2-3-7-17-13/h2-4,7,12,14-15H,5-6,8-11H2,1H3,(H,18,20)/t12-,14+,15-/m0/s1. The first-order chi connectivity index (χ1) is 10.2. The summed E-state index contributed by atoms with van der Waals surface area (Å²) in [5, 5.41) is 2.98. The van der Waals surface area contributed by atoms with Gasteiger partial charge in [-0.1, -0.05) is 6.07 Å². The number of hydrogen-bond donors (Lipinski definition) is 1. The van der Waals surface area contributed by atoms with Crippen LogP contribution in [0, 0.1) is 5.92 Å². The van der Waals surface area contributed by atoms with E-state index in [1.807, 2.05) is 18.2 Å². The van der Waals surface area contributed by atoms with Crippen molar-refractivity contribution in [3.63, 3.8) is 0 Å². The molecule has 3 heterocycles. The topological polar surface area (TPSA) is 54.5 Å². The number of carbonyl (C=O) groups is 1. The summed E-state index contributed by atoms with van der Waals surface area (Å²) >= 11 is 0. The van der Waals surface area contributed by atoms with E-state index in [0.29, 0.717) is 12.5 Å². The molecule has 1 N–H and O–H groups in total. The van der Waals surface area contributed by atoms with Gasteiger partial charge in [0.15, 0.2) is 0 Å². The molecule has 0 bridgehead atoms. The Morgan fingerprint density at radius 2 is 2.43 bits per heavy atom. The van der Waals surface area contributed by atoms with Gasteiger partial charge < -0.3 is 15.0 Å². The molecule has 2 aliphatic rings. The predicted octanol–water partition coefficient (Wildman–Crippen LogP) is 0.849. The average molecular weight is 289 g/mol. The van der Waals surface area contributed by atoms with E-state index in [9.17, 15) is 4.79 Å². The van der Waals surface area contributed by atoms with E-state index in [1.54, 1.807) is 6.20 Å². The van der Waals surface area contributed by atoms with Crippen molar-refractivity contribution in [2.45, 2.75) is 31.5 Å². The molecule has 0 unspecified atom stereocenters. The largest absolute Gasteiger partial charge is 0.364 e. The normalized spacial score (nSPS) is 29.1. The van der Waals surface area contributed by atoms with Crippen LogP contribution in [0.15, 0.2) is 24.4 Å². The Hall–Kier alpha value is -1.46. The van der Waals surface area contributed by atoms with E-state index in [0.717, 1.165) is 38.0 Å². The number of aromatic nitrogens is 1. The predicted molar refractivity (Wildman–Crippen MR) is 79.8 cm³/mol. The number of likely N-dealkylation sites (tertiary alicyclic amines) is 1. The zero-order valence-electron chi connectivity index (χ0n) is 12.5. The summed E-state index contributed by atoms with van der Waals surface area (Å²) in [6.07, 6.45) is 4.51. The highest BCUT2D eigenvalue weighted by atomic mass is 16.5. The Morgan fingerprint density at radius 1 is 1.52 bits per heavy atom. The summed E-state index contributed by atoms with van der Waals surface area (Å²) in [5.74, 6) is 0.579. The van der Waals surface area contributed by atoms with Crippen LogP contribution in [0.1, 0.15) is 18.5 Å². The maximum absolute atomic E-state index is 12.2. The van der Waals surface area contributed by atoms with Gasteiger partial charge in [-0.25, -0.2) is 0 Å². The average Bonchev–Trinajstić information content (AvgIpc) is 2.91. The fourth-order valence-electron chi connectivity index (χ4n) is 3.23. The number of amides is 1. The van der Waals surface area contributed by atoms with E-state index >= 15 is 0 Å². The molecule has 1 amide bonds. The fraction of sp³-hybridized carbons (Fsp3) is 0.625. The van der Waals surface area contributed by atoms with Crippen LogP contribution in [0.4, 0.5) is 0 Å². The van der Waals surface area contributed by atoms with Gasteiger partial charge in [-0.05, 0) is 44.5 Å². The zero-order chi connectivity index (χ0) is 14.7. The molecule has 0 aliphatic carbocycles. The van der Waals surface area contributed by atoms with Gasteiger partial charge in [-0.2, -0.15) is 0 Å². The fourth-order valence-corrected chi connectivity index (χ4v) is 3.23. The maximum Gasteiger partial charge on any atom is 0.249 e. The monoisotopic (exact) mass is 289 g/mol. The number of carbonyl (C=O) groups excluding carboxylic acids is 1. The maximum atomic E-state index is 12.2. The molecule has 5 nitrogen and oxygen atoms in total. The molecule has 2 aliphatic heterocycles. The highest BCUT2D eigenvalue weighted by molar-refractivity contribution is 5.81. The van der Waals surface area contributed by atoms with Crippen LogP contribution in [0.3, 0.4) is 0 Å². The van der Waals surface area contributed by atoms with Crippen molar-refractivity contribution in [3.8, 4) is 0 Å². The molecular formula is C16H23N3O2. The first-order valence-electron chi connectivity index (χ1n) is 7.74. The van der Waals surface area contributed by atoms with E-state index in [-0.39, 0.29) is 18.1 Å². The Balaban J connectivity index is 1.44. The van der Waals surface area contributed by atoms with E-state index in [4.69, 9.17) is 4.74 Å². The number of rotatable bonds is 4. The summed E-state index contributed by atoms with van der Waals surface area (Å²) in [7, 11) is 2.11. The highest BCUT2D eigenvalue weighted by Gasteiger charge is 2.40. The third-order valence-corrected chi connectivity index (χ3v) is 4.45. The number of hydrogen-bond acceptors (Lipinski definition) is 4. The lowest BCUT2D eigenvalue weighted by atomic mass is 9.92. The molecule has 2 fully saturated rings. The summed E-state index contributed by atoms with van der Waals surface area (Å²) in [6.45, 7) is 2.67. The lowest BCUT2D eigenvalue weighted by Gasteiger charge is -2.30. The minimum absolute atomic E-state index is 0.0305. The molecule has 0 saturated carbocycles. The van der Waals surface area contributed by atoms with Crippen LogP contribution in [-0.2, 0) is 16.0 Å². The molecule has 0 aromatic carbocycles. The lowest BCUT2D eigenvalue weighted by molar-refractivity contribution is -0.132. The summed E-state index contributed by atoms with van der Waals surface area (Å²) in [5.41, 5.74) is 1.00. The zero-order valence-corrected chi connectivity index (χ0v) is 12.5. The van der Waals surface area contributed by atoms with Gasteiger partial charge in [0.2, 0.25) is 5.91 Å². The van der Waals surface area contributed by atoms with Gasteiger partial charge >= 0.3 is 0 Å². The first-order valence-corrected chi connectivity index (χ1v) is 7.74. The molecule has 0 radical (unpaired) electrons. The lowest BCUT2D eigenvalue weighted by Crippen LogP contribution is -2.40. The number of piperidine rings is 1. The number of likely N-dealkylation sites (N-methyl/N-ethyl adjacent to an activating group) is 1. The second kappa shape index (κ2) is 6.54. The number of ether oxygens (including phenoxy) is 1. The number of fused-ring (bicyclic) bond motifs is 1. The Labute approximate surface area is 125 Å². The smallest absolute Gasteiger partial charge is 0.249 e. The van der Waals surface area contributed by atoms with E-state index in [2.05, 4.69) is 22.2 Å². The van der Waals surface area contributed by atoms with Crippen molar-refractivity contribution in [3.05, 3.63) is 30.1 Å². The molecule has 21 heavy (non-hydrogen) atoms. The van der Waals surface area contributed by atoms with Gasteiger partial charge in [0.25, 0.3) is 0 Å². The molecule has 3 atom stereocenters. The van der Waals surface area contributed by atoms with E-state index < -0.39 is 0 Å². The highest BCUT2D eigenvalue weighted by Crippen LogP contribution is 2.32. The minimum Gasteiger partial charge on any atom is -0.364 e. The Bertz CT molecular complexity index is 480. The van der Waals surface area contributed by atoms with Crippen LogP contribution in [0.5, 0.6) is 0 Å². The second-order valence-electron chi connectivity index (χ2n) is 6.07. The SMILES string of the molecule is CN1CC[C@H]2C[C@H](C(=O)NCCc3ccccn3)O[C@H]2C1. The third-order valence-electron chi connectivity index (χ3n) is 4.45. The van der Waals surface area contributed by atoms with Crippen molar-refractivity contribution in [1.29, 1.82) is 0 Å². The molecule has 5 heteroatoms. The van der Waals surface area contributed by atoms with Gasteiger partial charge in [-0.3, -0.25) is 9.78 Å². The number of nitrogens with one attached hydrogen (secondary N) is 1. The summed E-state index contributed by atoms with van der Waals surface area (Å²) in [4.78, 5) is 18.7. The van der Waals surface area contributed by atoms with Crippen LogP contribution in [0.25, 0.3) is 0 Å². The van der Waals surface area contributed by atoms with Crippen LogP contribution in [-0.4, -0.2) is 54.7 Å². The minimum atomic E-state index is -0.268. The van der Waals surface area contributed by atoms with E-state index in [1.165, 1.54) is 0 Å². The Kier molecular flexibility index (Phi) is 4.51. The molecule has 1 aromatic heterocycles. The molecule has 114 valence electrons. The van der Waals surface area contributed by atoms with Gasteiger partial charge in [-0.15, -0.1) is 0 Å². The number of nitrogens with zero attached hydrogens (tertiary/aromatic N) is 2. The van der Waals surface area contributed by atoms with Crippen molar-refractivity contribution in [1.82, 2.24) is 15.2 Å². The molecule has 0 spiro atoms. The summed E-state index contributed by atoms with van der Waals surface area (Å²) < 4.78 is 5.93. The molecule has 3 rings (SSSR count).